The van der Waals surface area contributed by atoms with Gasteiger partial charge in [-0.3, -0.25) is 9.48 Å². The van der Waals surface area contributed by atoms with Crippen molar-refractivity contribution in [3.05, 3.63) is 75.9 Å². The zero-order valence-corrected chi connectivity index (χ0v) is 23.1. The maximum Gasteiger partial charge on any atom is 0.407 e. The molecule has 3 aromatic rings. The molecule has 0 bridgehead atoms. The Balaban J connectivity index is 1.40. The summed E-state index contributed by atoms with van der Waals surface area (Å²) < 4.78 is 20.1. The molecule has 2 N–H and O–H groups in total. The first-order valence-corrected chi connectivity index (χ1v) is 13.1. The van der Waals surface area contributed by atoms with Crippen LogP contribution in [0, 0.1) is 24.6 Å². The van der Waals surface area contributed by atoms with Crippen molar-refractivity contribution in [1.29, 1.82) is 0 Å². The number of rotatable bonds is 4. The maximum absolute atomic E-state index is 13.2. The molecule has 1 aliphatic carbocycles. The van der Waals surface area contributed by atoms with Crippen LogP contribution in [0.3, 0.4) is 0 Å². The molecule has 2 amide bonds. The minimum Gasteiger partial charge on any atom is -0.444 e. The lowest BCUT2D eigenvalue weighted by molar-refractivity contribution is 0.0487. The molecule has 0 unspecified atom stereocenters. The molecule has 2 heterocycles. The number of alkyl carbamates (subject to hydrolysis) is 1. The number of ether oxygens (including phenoxy) is 1. The summed E-state index contributed by atoms with van der Waals surface area (Å²) in [6.07, 6.45) is 5.50. The van der Waals surface area contributed by atoms with Crippen LogP contribution < -0.4 is 10.6 Å². The lowest BCUT2D eigenvalue weighted by atomic mass is 9.91. The zero-order valence-electron chi connectivity index (χ0n) is 22.3. The number of nitrogens with one attached hydrogen (secondary N) is 2. The molecule has 4 rings (SSSR count). The second kappa shape index (κ2) is 11.9. The van der Waals surface area contributed by atoms with Crippen molar-refractivity contribution in [1.82, 2.24) is 20.1 Å². The molecular formula is C29H31ClFN5O3. The van der Waals surface area contributed by atoms with Crippen molar-refractivity contribution in [2.24, 2.45) is 0 Å². The van der Waals surface area contributed by atoms with Crippen LogP contribution in [0.15, 0.2) is 42.7 Å². The van der Waals surface area contributed by atoms with E-state index in [1.807, 2.05) is 33.8 Å². The molecule has 0 spiro atoms. The molecule has 10 heteroatoms. The fourth-order valence-corrected chi connectivity index (χ4v) is 4.60. The van der Waals surface area contributed by atoms with Crippen molar-refractivity contribution >= 4 is 29.4 Å². The van der Waals surface area contributed by atoms with Gasteiger partial charge in [-0.2, -0.15) is 5.10 Å². The van der Waals surface area contributed by atoms with Crippen molar-refractivity contribution < 1.29 is 18.7 Å². The van der Waals surface area contributed by atoms with Crippen molar-refractivity contribution in [3.63, 3.8) is 0 Å². The molecule has 0 saturated heterocycles. The van der Waals surface area contributed by atoms with Gasteiger partial charge in [-0.05, 0) is 89.3 Å². The van der Waals surface area contributed by atoms with Gasteiger partial charge in [-0.1, -0.05) is 23.4 Å². The number of halogens is 2. The molecule has 0 aliphatic heterocycles. The predicted molar refractivity (Wildman–Crippen MR) is 147 cm³/mol. The number of hydrogen-bond acceptors (Lipinski definition) is 5. The van der Waals surface area contributed by atoms with Gasteiger partial charge < -0.3 is 15.4 Å². The number of aromatic nitrogens is 3. The molecule has 1 aliphatic rings. The van der Waals surface area contributed by atoms with Gasteiger partial charge in [0.05, 0.1) is 17.3 Å². The van der Waals surface area contributed by atoms with Crippen LogP contribution in [0.5, 0.6) is 0 Å². The number of amides is 2. The van der Waals surface area contributed by atoms with Crippen LogP contribution in [0.1, 0.15) is 79.7 Å². The number of nitrogens with zero attached hydrogens (tertiary/aromatic N) is 3. The highest BCUT2D eigenvalue weighted by Crippen LogP contribution is 2.31. The number of anilines is 1. The Morgan fingerprint density at radius 3 is 2.38 bits per heavy atom. The van der Waals surface area contributed by atoms with Gasteiger partial charge in [0.2, 0.25) is 0 Å². The van der Waals surface area contributed by atoms with E-state index in [0.717, 1.165) is 31.2 Å². The summed E-state index contributed by atoms with van der Waals surface area (Å²) in [5, 5.41) is 10.4. The van der Waals surface area contributed by atoms with E-state index in [4.69, 9.17) is 16.3 Å². The van der Waals surface area contributed by atoms with E-state index < -0.39 is 17.6 Å². The van der Waals surface area contributed by atoms with Crippen molar-refractivity contribution in [2.45, 2.75) is 71.1 Å². The second-order valence-corrected chi connectivity index (χ2v) is 10.9. The second-order valence-electron chi connectivity index (χ2n) is 10.5. The molecule has 39 heavy (non-hydrogen) atoms. The highest BCUT2D eigenvalue weighted by Gasteiger charge is 2.29. The lowest BCUT2D eigenvalue weighted by Gasteiger charge is -2.30. The summed E-state index contributed by atoms with van der Waals surface area (Å²) >= 11 is 6.38. The van der Waals surface area contributed by atoms with Crippen LogP contribution in [-0.2, 0) is 4.74 Å². The molecule has 8 nitrogen and oxygen atoms in total. The minimum absolute atomic E-state index is 0.00377. The van der Waals surface area contributed by atoms with Gasteiger partial charge in [0.15, 0.2) is 0 Å². The standard InChI is InChI=1S/C29H31ClFN5O3/c1-18-15-20(6-5-19-7-9-21(31)10-8-19)16-32-26(18)35-27(37)25-24(30)17-33-36(25)23-13-11-22(12-14-23)34-28(38)39-29(2,3)4/h7-10,15-17,22-23H,11-14H2,1-4H3,(H,34,38)(H,32,35,37). The molecule has 1 fully saturated rings. The summed E-state index contributed by atoms with van der Waals surface area (Å²) in [6, 6.07) is 7.70. The first-order valence-electron chi connectivity index (χ1n) is 12.8. The van der Waals surface area contributed by atoms with Crippen LogP contribution >= 0.6 is 11.6 Å². The molecular weight excluding hydrogens is 521 g/mol. The van der Waals surface area contributed by atoms with Gasteiger partial charge in [-0.15, -0.1) is 0 Å². The van der Waals surface area contributed by atoms with E-state index >= 15 is 0 Å². The monoisotopic (exact) mass is 551 g/mol. The molecule has 2 aromatic heterocycles. The number of pyridine rings is 1. The third-order valence-electron chi connectivity index (χ3n) is 6.23. The van der Waals surface area contributed by atoms with Crippen LogP contribution in [0.4, 0.5) is 15.0 Å². The zero-order chi connectivity index (χ0) is 28.2. The summed E-state index contributed by atoms with van der Waals surface area (Å²) in [6.45, 7) is 7.30. The molecule has 1 saturated carbocycles. The largest absolute Gasteiger partial charge is 0.444 e. The van der Waals surface area contributed by atoms with Crippen molar-refractivity contribution in [3.8, 4) is 11.8 Å². The van der Waals surface area contributed by atoms with E-state index in [1.54, 1.807) is 23.0 Å². The number of aryl methyl sites for hydroxylation is 1. The highest BCUT2D eigenvalue weighted by atomic mass is 35.5. The van der Waals surface area contributed by atoms with Crippen molar-refractivity contribution in [2.75, 3.05) is 5.32 Å². The third kappa shape index (κ3) is 7.58. The fraction of sp³-hybridized carbons (Fsp3) is 0.379. The SMILES string of the molecule is Cc1cc(C#Cc2ccc(F)cc2)cnc1NC(=O)c1c(Cl)cnn1C1CCC(NC(=O)OC(C)(C)C)CC1. The molecule has 0 atom stereocenters. The smallest absolute Gasteiger partial charge is 0.407 e. The van der Waals surface area contributed by atoms with Gasteiger partial charge in [-0.25, -0.2) is 14.2 Å². The lowest BCUT2D eigenvalue weighted by Crippen LogP contribution is -2.41. The van der Waals surface area contributed by atoms with E-state index in [9.17, 15) is 14.0 Å². The van der Waals surface area contributed by atoms with Crippen LogP contribution in [0.25, 0.3) is 0 Å². The highest BCUT2D eigenvalue weighted by molar-refractivity contribution is 6.34. The number of hydrogen-bond donors (Lipinski definition) is 2. The minimum atomic E-state index is -0.555. The average Bonchev–Trinajstić information content (AvgIpc) is 3.26. The summed E-state index contributed by atoms with van der Waals surface area (Å²) in [4.78, 5) is 29.7. The Hall–Kier alpha value is -3.90. The Bertz CT molecular complexity index is 1410. The Morgan fingerprint density at radius 1 is 1.08 bits per heavy atom. The third-order valence-corrected chi connectivity index (χ3v) is 6.51. The summed E-state index contributed by atoms with van der Waals surface area (Å²) in [7, 11) is 0. The van der Waals surface area contributed by atoms with Gasteiger partial charge in [0.1, 0.15) is 22.9 Å². The molecule has 1 aromatic carbocycles. The Labute approximate surface area is 232 Å². The molecule has 204 valence electrons. The Kier molecular flexibility index (Phi) is 8.56. The normalized spacial score (nSPS) is 17.1. The van der Waals surface area contributed by atoms with Crippen LogP contribution in [-0.4, -0.2) is 38.4 Å². The van der Waals surface area contributed by atoms with Gasteiger partial charge >= 0.3 is 6.09 Å². The summed E-state index contributed by atoms with van der Waals surface area (Å²) in [5.41, 5.74) is 1.78. The van der Waals surface area contributed by atoms with E-state index in [0.29, 0.717) is 16.9 Å². The number of carbonyl (C=O) groups is 2. The predicted octanol–water partition coefficient (Wildman–Crippen LogP) is 6.04. The Morgan fingerprint density at radius 2 is 1.74 bits per heavy atom. The van der Waals surface area contributed by atoms with E-state index in [1.165, 1.54) is 18.3 Å². The van der Waals surface area contributed by atoms with Crippen LogP contribution in [0.2, 0.25) is 5.02 Å². The molecule has 0 radical (unpaired) electrons. The topological polar surface area (TPSA) is 98.1 Å². The number of benzene rings is 1. The van der Waals surface area contributed by atoms with Gasteiger partial charge in [0.25, 0.3) is 5.91 Å². The van der Waals surface area contributed by atoms with E-state index in [2.05, 4.69) is 32.6 Å². The fourth-order valence-electron chi connectivity index (χ4n) is 4.39. The average molecular weight is 552 g/mol. The maximum atomic E-state index is 13.2. The van der Waals surface area contributed by atoms with E-state index in [-0.39, 0.29) is 28.6 Å². The first kappa shape index (κ1) is 28.1. The quantitative estimate of drug-likeness (QED) is 0.385. The summed E-state index contributed by atoms with van der Waals surface area (Å²) in [5.74, 6) is 5.63. The number of carbonyl (C=O) groups excluding carboxylic acids is 2. The first-order chi connectivity index (χ1) is 18.5. The van der Waals surface area contributed by atoms with Gasteiger partial charge in [0, 0.05) is 23.4 Å².